The molecule has 1 N–H and O–H groups in total. The maximum atomic E-state index is 13.3. The lowest BCUT2D eigenvalue weighted by Gasteiger charge is -1.98. The number of aryl methyl sites for hydroxylation is 1. The summed E-state index contributed by atoms with van der Waals surface area (Å²) in [6.45, 7) is 0. The van der Waals surface area contributed by atoms with Crippen molar-refractivity contribution in [2.75, 3.05) is 5.32 Å². The first-order chi connectivity index (χ1) is 12.7. The monoisotopic (exact) mass is 350 g/mol. The van der Waals surface area contributed by atoms with Gasteiger partial charge in [-0.2, -0.15) is 9.97 Å². The molecule has 0 amide bonds. The summed E-state index contributed by atoms with van der Waals surface area (Å²) in [4.78, 5) is 8.56. The quantitative estimate of drug-likeness (QED) is 0.531. The van der Waals surface area contributed by atoms with Gasteiger partial charge in [-0.05, 0) is 30.3 Å². The smallest absolute Gasteiger partial charge is 0.303 e. The lowest BCUT2D eigenvalue weighted by molar-refractivity contribution is 0.590. The highest BCUT2D eigenvalue weighted by Gasteiger charge is 2.13. The molecule has 128 valence electrons. The van der Waals surface area contributed by atoms with Gasteiger partial charge in [0.2, 0.25) is 0 Å². The third kappa shape index (κ3) is 2.37. The largest absolute Gasteiger partial charge is 0.423 e. The van der Waals surface area contributed by atoms with Gasteiger partial charge < -0.3 is 13.4 Å². The van der Waals surface area contributed by atoms with Gasteiger partial charge >= 0.3 is 12.0 Å². The molecular weight excluding hydrogens is 339 g/mol. The highest BCUT2D eigenvalue weighted by molar-refractivity contribution is 5.80. The number of hydrogen-bond acceptors (Lipinski definition) is 7. The van der Waals surface area contributed by atoms with E-state index in [2.05, 4.69) is 25.5 Å². The molecule has 0 bridgehead atoms. The molecule has 0 atom stereocenters. The number of oxazole rings is 2. The Labute approximate surface area is 145 Å². The first kappa shape index (κ1) is 14.6. The molecule has 0 aliphatic carbocycles. The number of nitrogens with one attached hydrogen (secondary N) is 1. The van der Waals surface area contributed by atoms with E-state index in [1.54, 1.807) is 12.4 Å². The molecule has 0 spiro atoms. The highest BCUT2D eigenvalue weighted by atomic mass is 19.1. The summed E-state index contributed by atoms with van der Waals surface area (Å²) in [5.74, 6) is 0.348. The first-order valence-electron chi connectivity index (χ1n) is 7.74. The Morgan fingerprint density at radius 2 is 1.65 bits per heavy atom. The van der Waals surface area contributed by atoms with Crippen LogP contribution in [0.15, 0.2) is 51.6 Å². The Bertz CT molecular complexity index is 1250. The van der Waals surface area contributed by atoms with Crippen molar-refractivity contribution >= 4 is 34.2 Å². The number of rotatable bonds is 3. The number of hydrogen-bond donors (Lipinski definition) is 1. The average molecular weight is 350 g/mol. The van der Waals surface area contributed by atoms with Gasteiger partial charge in [-0.15, -0.1) is 10.2 Å². The molecular formula is C17H11FN6O2. The topological polar surface area (TPSA) is 94.8 Å². The number of aromatic nitrogens is 5. The van der Waals surface area contributed by atoms with Crippen molar-refractivity contribution in [2.45, 2.75) is 0 Å². The van der Waals surface area contributed by atoms with Crippen LogP contribution in [-0.2, 0) is 7.05 Å². The summed E-state index contributed by atoms with van der Waals surface area (Å²) in [5.41, 5.74) is 2.99. The maximum absolute atomic E-state index is 13.3. The van der Waals surface area contributed by atoms with Crippen LogP contribution < -0.4 is 5.32 Å². The Balaban J connectivity index is 1.49. The second-order valence-corrected chi connectivity index (χ2v) is 5.72. The molecule has 5 rings (SSSR count). The SMILES string of the molecule is Cn1cnnc1-c1ccc2oc(Nc3nc4cc(F)ccc4o3)nc2c1. The van der Waals surface area contributed by atoms with E-state index in [0.29, 0.717) is 22.2 Å². The van der Waals surface area contributed by atoms with E-state index in [0.717, 1.165) is 11.4 Å². The van der Waals surface area contributed by atoms with Crippen LogP contribution in [0.2, 0.25) is 0 Å². The molecule has 26 heavy (non-hydrogen) atoms. The van der Waals surface area contributed by atoms with Crippen LogP contribution in [0, 0.1) is 5.82 Å². The van der Waals surface area contributed by atoms with Crippen LogP contribution >= 0.6 is 0 Å². The van der Waals surface area contributed by atoms with E-state index < -0.39 is 0 Å². The van der Waals surface area contributed by atoms with Crippen LogP contribution in [0.4, 0.5) is 16.4 Å². The summed E-state index contributed by atoms with van der Waals surface area (Å²) in [6.07, 6.45) is 1.63. The van der Waals surface area contributed by atoms with Gasteiger partial charge in [0.15, 0.2) is 17.0 Å². The van der Waals surface area contributed by atoms with Gasteiger partial charge in [0.25, 0.3) is 0 Å². The molecule has 0 aliphatic heterocycles. The minimum absolute atomic E-state index is 0.172. The van der Waals surface area contributed by atoms with Crippen molar-refractivity contribution in [1.29, 1.82) is 0 Å². The van der Waals surface area contributed by atoms with Crippen molar-refractivity contribution < 1.29 is 13.2 Å². The molecule has 3 heterocycles. The second kappa shape index (κ2) is 5.38. The van der Waals surface area contributed by atoms with Crippen molar-refractivity contribution in [3.8, 4) is 11.4 Å². The molecule has 3 aromatic heterocycles. The summed E-state index contributed by atoms with van der Waals surface area (Å²) < 4.78 is 26.2. The van der Waals surface area contributed by atoms with E-state index in [1.165, 1.54) is 18.2 Å². The molecule has 5 aromatic rings. The Hall–Kier alpha value is -3.75. The van der Waals surface area contributed by atoms with Crippen molar-refractivity contribution in [3.63, 3.8) is 0 Å². The average Bonchev–Trinajstić information content (AvgIpc) is 3.31. The van der Waals surface area contributed by atoms with Crippen molar-refractivity contribution in [1.82, 2.24) is 24.7 Å². The number of nitrogens with zero attached hydrogens (tertiary/aromatic N) is 5. The zero-order valence-corrected chi connectivity index (χ0v) is 13.5. The third-order valence-electron chi connectivity index (χ3n) is 3.92. The minimum atomic E-state index is -0.379. The predicted octanol–water partition coefficient (Wildman–Crippen LogP) is 3.65. The third-order valence-corrected chi connectivity index (χ3v) is 3.92. The number of halogens is 1. The fourth-order valence-electron chi connectivity index (χ4n) is 2.71. The van der Waals surface area contributed by atoms with Gasteiger partial charge in [-0.3, -0.25) is 5.32 Å². The van der Waals surface area contributed by atoms with Crippen LogP contribution in [0.3, 0.4) is 0 Å². The predicted molar refractivity (Wildman–Crippen MR) is 91.3 cm³/mol. The summed E-state index contributed by atoms with van der Waals surface area (Å²) in [5, 5.41) is 10.8. The second-order valence-electron chi connectivity index (χ2n) is 5.72. The zero-order chi connectivity index (χ0) is 17.7. The molecule has 0 saturated carbocycles. The van der Waals surface area contributed by atoms with E-state index >= 15 is 0 Å². The first-order valence-corrected chi connectivity index (χ1v) is 7.74. The Morgan fingerprint density at radius 3 is 2.35 bits per heavy atom. The van der Waals surface area contributed by atoms with Crippen LogP contribution in [0.1, 0.15) is 0 Å². The molecule has 0 radical (unpaired) electrons. The number of anilines is 2. The molecule has 8 nitrogen and oxygen atoms in total. The van der Waals surface area contributed by atoms with Crippen LogP contribution in [0.25, 0.3) is 33.6 Å². The number of fused-ring (bicyclic) bond motifs is 2. The van der Waals surface area contributed by atoms with Gasteiger partial charge in [-0.1, -0.05) is 0 Å². The highest BCUT2D eigenvalue weighted by Crippen LogP contribution is 2.27. The fraction of sp³-hybridized carbons (Fsp3) is 0.0588. The molecule has 9 heteroatoms. The molecule has 0 saturated heterocycles. The zero-order valence-electron chi connectivity index (χ0n) is 13.5. The Kier molecular flexibility index (Phi) is 3.02. The van der Waals surface area contributed by atoms with E-state index in [1.807, 2.05) is 23.7 Å². The van der Waals surface area contributed by atoms with Crippen molar-refractivity contribution in [2.24, 2.45) is 7.05 Å². The van der Waals surface area contributed by atoms with E-state index in [9.17, 15) is 4.39 Å². The van der Waals surface area contributed by atoms with Gasteiger partial charge in [0.05, 0.1) is 0 Å². The lowest BCUT2D eigenvalue weighted by atomic mass is 10.2. The maximum Gasteiger partial charge on any atom is 0.303 e. The summed E-state index contributed by atoms with van der Waals surface area (Å²) in [6, 6.07) is 10.1. The normalized spacial score (nSPS) is 11.5. The van der Waals surface area contributed by atoms with E-state index in [4.69, 9.17) is 8.83 Å². The molecule has 0 unspecified atom stereocenters. The van der Waals surface area contributed by atoms with Gasteiger partial charge in [0.1, 0.15) is 23.2 Å². The fourth-order valence-corrected chi connectivity index (χ4v) is 2.71. The lowest BCUT2D eigenvalue weighted by Crippen LogP contribution is -1.91. The van der Waals surface area contributed by atoms with E-state index in [-0.39, 0.29) is 17.8 Å². The Morgan fingerprint density at radius 1 is 0.962 bits per heavy atom. The molecule has 2 aromatic carbocycles. The van der Waals surface area contributed by atoms with Crippen molar-refractivity contribution in [3.05, 3.63) is 48.5 Å². The summed E-state index contributed by atoms with van der Waals surface area (Å²) in [7, 11) is 1.87. The van der Waals surface area contributed by atoms with Gasteiger partial charge in [-0.25, -0.2) is 4.39 Å². The molecule has 0 aliphatic rings. The standard InChI is InChI=1S/C17H11FN6O2/c1-24-8-19-23-15(24)9-2-4-13-11(6-9)20-16(25-13)22-17-21-12-7-10(18)3-5-14(12)26-17/h2-8H,1H3,(H,20,21,22). The minimum Gasteiger partial charge on any atom is -0.423 e. The molecule has 0 fully saturated rings. The van der Waals surface area contributed by atoms with Crippen LogP contribution in [0.5, 0.6) is 0 Å². The van der Waals surface area contributed by atoms with Crippen LogP contribution in [-0.4, -0.2) is 24.7 Å². The number of benzene rings is 2. The summed E-state index contributed by atoms with van der Waals surface area (Å²) >= 11 is 0. The van der Waals surface area contributed by atoms with Gasteiger partial charge in [0, 0.05) is 18.7 Å².